The number of thioether (sulfide) groups is 1. The van der Waals surface area contributed by atoms with E-state index in [4.69, 9.17) is 6.42 Å². The van der Waals surface area contributed by atoms with E-state index in [-0.39, 0.29) is 0 Å². The van der Waals surface area contributed by atoms with Crippen LogP contribution in [0.4, 0.5) is 0 Å². The van der Waals surface area contributed by atoms with Crippen LogP contribution in [-0.2, 0) is 0 Å². The molecule has 1 nitrogen and oxygen atoms in total. The van der Waals surface area contributed by atoms with Gasteiger partial charge in [-0.25, -0.2) is 0 Å². The molecule has 2 heteroatoms. The SMILES string of the molecule is C#CCN=CSC. The number of rotatable bonds is 2. The first-order valence-electron chi connectivity index (χ1n) is 1.86. The standard InChI is InChI=1S/C5H7NS/c1-3-4-6-5-7-2/h1,5H,4H2,2H3. The highest BCUT2D eigenvalue weighted by atomic mass is 32.2. The minimum atomic E-state index is 0.501. The molecule has 0 bridgehead atoms. The fourth-order valence-corrected chi connectivity index (χ4v) is 0.388. The van der Waals surface area contributed by atoms with Gasteiger partial charge in [0.15, 0.2) is 0 Å². The Bertz CT molecular complexity index is 90.7. The molecule has 0 aromatic heterocycles. The van der Waals surface area contributed by atoms with E-state index in [1.165, 1.54) is 0 Å². The fourth-order valence-electron chi connectivity index (χ4n) is 0.165. The van der Waals surface area contributed by atoms with Crippen LogP contribution in [0.5, 0.6) is 0 Å². The Hall–Kier alpha value is -0.420. The zero-order valence-corrected chi connectivity index (χ0v) is 5.03. The predicted molar refractivity (Wildman–Crippen MR) is 35.7 cm³/mol. The molecule has 0 heterocycles. The largest absolute Gasteiger partial charge is 0.273 e. The summed E-state index contributed by atoms with van der Waals surface area (Å²) in [6.45, 7) is 0.501. The van der Waals surface area contributed by atoms with Crippen molar-refractivity contribution in [1.82, 2.24) is 0 Å². The molecule has 0 amide bonds. The molecule has 0 aliphatic heterocycles. The summed E-state index contributed by atoms with van der Waals surface area (Å²) in [5, 5.41) is 0. The normalized spacial score (nSPS) is 9.14. The molecular weight excluding hydrogens is 106 g/mol. The monoisotopic (exact) mass is 113 g/mol. The van der Waals surface area contributed by atoms with Crippen molar-refractivity contribution in [3.8, 4) is 12.3 Å². The van der Waals surface area contributed by atoms with Crippen LogP contribution >= 0.6 is 11.8 Å². The van der Waals surface area contributed by atoms with Gasteiger partial charge in [-0.05, 0) is 6.26 Å². The Morgan fingerprint density at radius 2 is 2.71 bits per heavy atom. The maximum absolute atomic E-state index is 4.90. The van der Waals surface area contributed by atoms with Crippen molar-refractivity contribution in [3.05, 3.63) is 0 Å². The number of hydrogen-bond donors (Lipinski definition) is 0. The van der Waals surface area contributed by atoms with Crippen LogP contribution in [0, 0.1) is 12.3 Å². The third-order valence-electron chi connectivity index (χ3n) is 0.363. The van der Waals surface area contributed by atoms with Crippen molar-refractivity contribution in [2.45, 2.75) is 0 Å². The summed E-state index contributed by atoms with van der Waals surface area (Å²) < 4.78 is 0. The first kappa shape index (κ1) is 6.58. The Morgan fingerprint density at radius 1 is 2.00 bits per heavy atom. The average Bonchev–Trinajstić information content (AvgIpc) is 1.69. The lowest BCUT2D eigenvalue weighted by atomic mass is 10.7. The van der Waals surface area contributed by atoms with Crippen LogP contribution in [0.25, 0.3) is 0 Å². The minimum Gasteiger partial charge on any atom is -0.273 e. The van der Waals surface area contributed by atoms with Crippen LogP contribution in [-0.4, -0.2) is 18.3 Å². The molecule has 0 unspecified atom stereocenters. The first-order chi connectivity index (χ1) is 3.41. The Kier molecular flexibility index (Phi) is 5.25. The smallest absolute Gasteiger partial charge is 0.100 e. The Balaban J connectivity index is 2.97. The molecule has 0 aliphatic carbocycles. The van der Waals surface area contributed by atoms with Gasteiger partial charge < -0.3 is 0 Å². The molecule has 38 valence electrons. The fraction of sp³-hybridized carbons (Fsp3) is 0.400. The highest BCUT2D eigenvalue weighted by Gasteiger charge is 1.63. The van der Waals surface area contributed by atoms with Crippen molar-refractivity contribution in [3.63, 3.8) is 0 Å². The molecule has 7 heavy (non-hydrogen) atoms. The maximum atomic E-state index is 4.90. The van der Waals surface area contributed by atoms with E-state index in [2.05, 4.69) is 10.9 Å². The van der Waals surface area contributed by atoms with Gasteiger partial charge in [-0.15, -0.1) is 18.2 Å². The number of hydrogen-bond acceptors (Lipinski definition) is 2. The van der Waals surface area contributed by atoms with E-state index in [0.717, 1.165) is 0 Å². The van der Waals surface area contributed by atoms with E-state index in [9.17, 15) is 0 Å². The molecule has 0 rings (SSSR count). The lowest BCUT2D eigenvalue weighted by Crippen LogP contribution is -1.68. The molecule has 0 saturated heterocycles. The third kappa shape index (κ3) is 5.58. The van der Waals surface area contributed by atoms with Gasteiger partial charge in [0.1, 0.15) is 6.54 Å². The van der Waals surface area contributed by atoms with E-state index < -0.39 is 0 Å². The molecular formula is C5H7NS. The second-order valence-corrected chi connectivity index (χ2v) is 1.57. The van der Waals surface area contributed by atoms with Gasteiger partial charge in [0, 0.05) is 0 Å². The van der Waals surface area contributed by atoms with Crippen molar-refractivity contribution >= 4 is 17.3 Å². The van der Waals surface area contributed by atoms with Crippen LogP contribution in [0.3, 0.4) is 0 Å². The molecule has 0 N–H and O–H groups in total. The summed E-state index contributed by atoms with van der Waals surface area (Å²) in [7, 11) is 0. The Morgan fingerprint density at radius 3 is 3.14 bits per heavy atom. The van der Waals surface area contributed by atoms with Gasteiger partial charge in [-0.3, -0.25) is 4.99 Å². The van der Waals surface area contributed by atoms with Gasteiger partial charge in [0.05, 0.1) is 5.55 Å². The van der Waals surface area contributed by atoms with Crippen molar-refractivity contribution in [2.75, 3.05) is 12.8 Å². The van der Waals surface area contributed by atoms with Crippen LogP contribution in [0.15, 0.2) is 4.99 Å². The number of nitrogens with zero attached hydrogens (tertiary/aromatic N) is 1. The quantitative estimate of drug-likeness (QED) is 0.296. The lowest BCUT2D eigenvalue weighted by molar-refractivity contribution is 1.31. The lowest BCUT2D eigenvalue weighted by Gasteiger charge is -1.74. The van der Waals surface area contributed by atoms with Crippen LogP contribution in [0.2, 0.25) is 0 Å². The van der Waals surface area contributed by atoms with E-state index in [0.29, 0.717) is 6.54 Å². The van der Waals surface area contributed by atoms with Crippen LogP contribution in [0.1, 0.15) is 0 Å². The maximum Gasteiger partial charge on any atom is 0.100 e. The zero-order valence-electron chi connectivity index (χ0n) is 4.22. The Labute approximate surface area is 48.2 Å². The predicted octanol–water partition coefficient (Wildman–Crippen LogP) is 1.01. The molecule has 0 aromatic rings. The molecule has 0 atom stereocenters. The second kappa shape index (κ2) is 5.58. The zero-order chi connectivity index (χ0) is 5.54. The van der Waals surface area contributed by atoms with Gasteiger partial charge in [0.2, 0.25) is 0 Å². The number of aliphatic imine (C=N–C) groups is 1. The topological polar surface area (TPSA) is 12.4 Å². The molecule has 0 aromatic carbocycles. The van der Waals surface area contributed by atoms with Gasteiger partial charge in [0.25, 0.3) is 0 Å². The van der Waals surface area contributed by atoms with E-state index in [1.807, 2.05) is 6.26 Å². The summed E-state index contributed by atoms with van der Waals surface area (Å²) in [5.41, 5.74) is 1.74. The highest BCUT2D eigenvalue weighted by molar-refractivity contribution is 8.11. The minimum absolute atomic E-state index is 0.501. The summed E-state index contributed by atoms with van der Waals surface area (Å²) in [5.74, 6) is 2.39. The highest BCUT2D eigenvalue weighted by Crippen LogP contribution is 1.81. The van der Waals surface area contributed by atoms with Crippen molar-refractivity contribution in [1.29, 1.82) is 0 Å². The van der Waals surface area contributed by atoms with E-state index in [1.54, 1.807) is 17.3 Å². The van der Waals surface area contributed by atoms with Crippen molar-refractivity contribution < 1.29 is 0 Å². The molecule has 0 radical (unpaired) electrons. The summed E-state index contributed by atoms with van der Waals surface area (Å²) in [6.07, 6.45) is 6.84. The summed E-state index contributed by atoms with van der Waals surface area (Å²) >= 11 is 1.55. The average molecular weight is 113 g/mol. The summed E-state index contributed by atoms with van der Waals surface area (Å²) in [4.78, 5) is 3.81. The number of terminal acetylenes is 1. The molecule has 0 aliphatic rings. The van der Waals surface area contributed by atoms with Gasteiger partial charge in [-0.2, -0.15) is 0 Å². The van der Waals surface area contributed by atoms with Crippen molar-refractivity contribution in [2.24, 2.45) is 4.99 Å². The summed E-state index contributed by atoms with van der Waals surface area (Å²) in [6, 6.07) is 0. The van der Waals surface area contributed by atoms with Gasteiger partial charge >= 0.3 is 0 Å². The van der Waals surface area contributed by atoms with Gasteiger partial charge in [-0.1, -0.05) is 5.92 Å². The third-order valence-corrected chi connectivity index (χ3v) is 0.722. The molecule has 0 spiro atoms. The molecule has 0 fully saturated rings. The van der Waals surface area contributed by atoms with Crippen LogP contribution < -0.4 is 0 Å². The molecule has 0 saturated carbocycles. The first-order valence-corrected chi connectivity index (χ1v) is 3.15. The second-order valence-electron chi connectivity index (χ2n) is 0.886. The van der Waals surface area contributed by atoms with E-state index >= 15 is 0 Å².